The van der Waals surface area contributed by atoms with Crippen molar-refractivity contribution in [2.75, 3.05) is 13.1 Å². The molecule has 0 N–H and O–H groups in total. The van der Waals surface area contributed by atoms with E-state index in [-0.39, 0.29) is 6.42 Å². The first kappa shape index (κ1) is 18.1. The standard InChI is InChI=1S/C18H21NO4S2/c1-13-5-6-15(11-14(13)2)23-17(20)12-16-7-8-18(24-16)25(21,22)19-9-3-4-10-19/h5-8,11H,3-4,9-10,12H2,1-2H3. The van der Waals surface area contributed by atoms with E-state index in [4.69, 9.17) is 4.74 Å². The van der Waals surface area contributed by atoms with Crippen LogP contribution < -0.4 is 4.74 Å². The van der Waals surface area contributed by atoms with E-state index in [1.54, 1.807) is 18.2 Å². The molecule has 0 amide bonds. The molecule has 3 rings (SSSR count). The number of hydrogen-bond donors (Lipinski definition) is 0. The summed E-state index contributed by atoms with van der Waals surface area (Å²) in [6, 6.07) is 8.76. The smallest absolute Gasteiger partial charge is 0.316 e. The zero-order valence-electron chi connectivity index (χ0n) is 14.3. The minimum Gasteiger partial charge on any atom is -0.426 e. The highest BCUT2D eigenvalue weighted by molar-refractivity contribution is 7.91. The maximum atomic E-state index is 12.5. The summed E-state index contributed by atoms with van der Waals surface area (Å²) < 4.78 is 32.2. The lowest BCUT2D eigenvalue weighted by Gasteiger charge is -2.13. The number of esters is 1. The van der Waals surface area contributed by atoms with Gasteiger partial charge in [0.25, 0.3) is 10.0 Å². The van der Waals surface area contributed by atoms with Gasteiger partial charge in [0.2, 0.25) is 0 Å². The van der Waals surface area contributed by atoms with Crippen LogP contribution in [0.2, 0.25) is 0 Å². The number of carbonyl (C=O) groups is 1. The van der Waals surface area contributed by atoms with E-state index < -0.39 is 16.0 Å². The van der Waals surface area contributed by atoms with Crippen LogP contribution in [0.15, 0.2) is 34.5 Å². The van der Waals surface area contributed by atoms with Gasteiger partial charge in [-0.1, -0.05) is 6.07 Å². The Bertz CT molecular complexity index is 880. The number of sulfonamides is 1. The Balaban J connectivity index is 1.66. The monoisotopic (exact) mass is 379 g/mol. The van der Waals surface area contributed by atoms with Crippen LogP contribution in [0, 0.1) is 13.8 Å². The Morgan fingerprint density at radius 3 is 2.52 bits per heavy atom. The van der Waals surface area contributed by atoms with Crippen molar-refractivity contribution >= 4 is 27.3 Å². The number of aryl methyl sites for hydroxylation is 2. The number of thiophene rings is 1. The molecule has 2 aromatic rings. The molecule has 1 aliphatic rings. The van der Waals surface area contributed by atoms with Gasteiger partial charge in [-0.05, 0) is 62.1 Å². The summed E-state index contributed by atoms with van der Waals surface area (Å²) in [5.41, 5.74) is 2.19. The fourth-order valence-electron chi connectivity index (χ4n) is 2.73. The second-order valence-electron chi connectivity index (χ2n) is 6.23. The minimum absolute atomic E-state index is 0.0626. The second kappa shape index (κ2) is 7.27. The summed E-state index contributed by atoms with van der Waals surface area (Å²) in [6.45, 7) is 5.10. The lowest BCUT2D eigenvalue weighted by Crippen LogP contribution is -2.27. The van der Waals surface area contributed by atoms with Gasteiger partial charge in [-0.25, -0.2) is 8.42 Å². The number of ether oxygens (including phenoxy) is 1. The molecule has 1 saturated heterocycles. The molecule has 0 radical (unpaired) electrons. The third kappa shape index (κ3) is 4.11. The zero-order chi connectivity index (χ0) is 18.0. The van der Waals surface area contributed by atoms with E-state index in [1.165, 1.54) is 4.31 Å². The maximum absolute atomic E-state index is 12.5. The highest BCUT2D eigenvalue weighted by Crippen LogP contribution is 2.28. The number of hydrogen-bond acceptors (Lipinski definition) is 5. The van der Waals surface area contributed by atoms with Gasteiger partial charge in [0.15, 0.2) is 0 Å². The van der Waals surface area contributed by atoms with Gasteiger partial charge in [-0.15, -0.1) is 11.3 Å². The van der Waals surface area contributed by atoms with E-state index in [0.29, 0.717) is 27.9 Å². The molecule has 0 bridgehead atoms. The third-order valence-electron chi connectivity index (χ3n) is 4.32. The quantitative estimate of drug-likeness (QED) is 0.591. The van der Waals surface area contributed by atoms with E-state index in [1.807, 2.05) is 26.0 Å². The molecule has 0 unspecified atom stereocenters. The van der Waals surface area contributed by atoms with Crippen molar-refractivity contribution in [3.63, 3.8) is 0 Å². The van der Waals surface area contributed by atoms with Crippen molar-refractivity contribution in [2.45, 2.75) is 37.3 Å². The van der Waals surface area contributed by atoms with Gasteiger partial charge in [-0.3, -0.25) is 4.79 Å². The number of carbonyl (C=O) groups excluding carboxylic acids is 1. The van der Waals surface area contributed by atoms with Gasteiger partial charge >= 0.3 is 5.97 Å². The molecule has 134 valence electrons. The lowest BCUT2D eigenvalue weighted by atomic mass is 10.1. The summed E-state index contributed by atoms with van der Waals surface area (Å²) in [5, 5.41) is 0. The Morgan fingerprint density at radius 2 is 1.84 bits per heavy atom. The van der Waals surface area contributed by atoms with Crippen LogP contribution in [0.5, 0.6) is 5.75 Å². The van der Waals surface area contributed by atoms with Crippen LogP contribution in [0.1, 0.15) is 28.8 Å². The zero-order valence-corrected chi connectivity index (χ0v) is 16.0. The summed E-state index contributed by atoms with van der Waals surface area (Å²) in [5.74, 6) is 0.116. The van der Waals surface area contributed by atoms with E-state index >= 15 is 0 Å². The average Bonchev–Trinajstić information content (AvgIpc) is 3.22. The molecule has 0 atom stereocenters. The Morgan fingerprint density at radius 1 is 1.12 bits per heavy atom. The first-order chi connectivity index (χ1) is 11.9. The highest BCUT2D eigenvalue weighted by Gasteiger charge is 2.28. The van der Waals surface area contributed by atoms with Gasteiger partial charge in [0.1, 0.15) is 9.96 Å². The predicted octanol–water partition coefficient (Wildman–Crippen LogP) is 3.30. The van der Waals surface area contributed by atoms with Crippen molar-refractivity contribution < 1.29 is 17.9 Å². The van der Waals surface area contributed by atoms with Crippen molar-refractivity contribution in [3.05, 3.63) is 46.3 Å². The van der Waals surface area contributed by atoms with Crippen LogP contribution in [0.3, 0.4) is 0 Å². The van der Waals surface area contributed by atoms with Gasteiger partial charge in [0, 0.05) is 18.0 Å². The lowest BCUT2D eigenvalue weighted by molar-refractivity contribution is -0.133. The van der Waals surface area contributed by atoms with Crippen LogP contribution in [-0.4, -0.2) is 31.8 Å². The van der Waals surface area contributed by atoms with Gasteiger partial charge < -0.3 is 4.74 Å². The number of benzene rings is 1. The summed E-state index contributed by atoms with van der Waals surface area (Å²) in [6.07, 6.45) is 1.87. The van der Waals surface area contributed by atoms with Gasteiger partial charge in [0.05, 0.1) is 6.42 Å². The molecule has 2 heterocycles. The molecular weight excluding hydrogens is 358 g/mol. The Hall–Kier alpha value is -1.70. The Labute approximate surface area is 152 Å². The van der Waals surface area contributed by atoms with Crippen molar-refractivity contribution in [1.29, 1.82) is 0 Å². The van der Waals surface area contributed by atoms with Crippen LogP contribution in [0.4, 0.5) is 0 Å². The molecule has 7 heteroatoms. The summed E-state index contributed by atoms with van der Waals surface area (Å²) in [4.78, 5) is 12.8. The van der Waals surface area contributed by atoms with Crippen LogP contribution in [0.25, 0.3) is 0 Å². The number of rotatable bonds is 5. The SMILES string of the molecule is Cc1ccc(OC(=O)Cc2ccc(S(=O)(=O)N3CCCC3)s2)cc1C. The number of nitrogens with zero attached hydrogens (tertiary/aromatic N) is 1. The first-order valence-corrected chi connectivity index (χ1v) is 10.5. The summed E-state index contributed by atoms with van der Waals surface area (Å²) in [7, 11) is -3.42. The topological polar surface area (TPSA) is 63.7 Å². The molecular formula is C18H21NO4S2. The first-order valence-electron chi connectivity index (χ1n) is 8.23. The molecule has 25 heavy (non-hydrogen) atoms. The fourth-order valence-corrected chi connectivity index (χ4v) is 5.75. The molecule has 0 aliphatic carbocycles. The maximum Gasteiger partial charge on any atom is 0.316 e. The van der Waals surface area contributed by atoms with E-state index in [9.17, 15) is 13.2 Å². The minimum atomic E-state index is -3.42. The molecule has 0 saturated carbocycles. The average molecular weight is 380 g/mol. The second-order valence-corrected chi connectivity index (χ2v) is 9.56. The van der Waals surface area contributed by atoms with Crippen LogP contribution >= 0.6 is 11.3 Å². The molecule has 5 nitrogen and oxygen atoms in total. The van der Waals surface area contributed by atoms with Gasteiger partial charge in [-0.2, -0.15) is 4.31 Å². The third-order valence-corrected chi connectivity index (χ3v) is 7.78. The molecule has 1 aliphatic heterocycles. The van der Waals surface area contributed by atoms with Crippen molar-refractivity contribution in [3.8, 4) is 5.75 Å². The van der Waals surface area contributed by atoms with E-state index in [0.717, 1.165) is 35.3 Å². The normalized spacial score (nSPS) is 15.4. The van der Waals surface area contributed by atoms with Crippen molar-refractivity contribution in [2.24, 2.45) is 0 Å². The van der Waals surface area contributed by atoms with Crippen LogP contribution in [-0.2, 0) is 21.2 Å². The molecule has 0 spiro atoms. The summed E-state index contributed by atoms with van der Waals surface area (Å²) >= 11 is 1.14. The molecule has 1 aromatic heterocycles. The largest absolute Gasteiger partial charge is 0.426 e. The molecule has 1 fully saturated rings. The van der Waals surface area contributed by atoms with E-state index in [2.05, 4.69) is 0 Å². The fraction of sp³-hybridized carbons (Fsp3) is 0.389. The Kier molecular flexibility index (Phi) is 5.27. The predicted molar refractivity (Wildman–Crippen MR) is 97.6 cm³/mol. The molecule has 1 aromatic carbocycles. The highest BCUT2D eigenvalue weighted by atomic mass is 32.2. The van der Waals surface area contributed by atoms with Crippen molar-refractivity contribution in [1.82, 2.24) is 4.31 Å².